The van der Waals surface area contributed by atoms with Crippen molar-refractivity contribution in [3.8, 4) is 0 Å². The smallest absolute Gasteiger partial charge is 0.0580 e. The Hall–Kier alpha value is -0.0800. The van der Waals surface area contributed by atoms with Gasteiger partial charge in [0.15, 0.2) is 0 Å². The molecule has 0 aliphatic heterocycles. The second-order valence-corrected chi connectivity index (χ2v) is 6.81. The lowest BCUT2D eigenvalue weighted by Gasteiger charge is -2.37. The summed E-state index contributed by atoms with van der Waals surface area (Å²) in [6.45, 7) is 5.73. The van der Waals surface area contributed by atoms with Crippen LogP contribution in [0.15, 0.2) is 0 Å². The molecule has 2 nitrogen and oxygen atoms in total. The van der Waals surface area contributed by atoms with Crippen LogP contribution >= 0.6 is 0 Å². The molecule has 0 bridgehead atoms. The molecule has 0 amide bonds. The molecule has 2 aliphatic carbocycles. The number of aliphatic hydroxyl groups excluding tert-OH is 1. The quantitative estimate of drug-likeness (QED) is 0.785. The zero-order chi connectivity index (χ0) is 13.1. The molecule has 0 heterocycles. The maximum Gasteiger partial charge on any atom is 0.0580 e. The monoisotopic (exact) mass is 253 g/mol. The second-order valence-electron chi connectivity index (χ2n) is 6.81. The van der Waals surface area contributed by atoms with E-state index < -0.39 is 0 Å². The highest BCUT2D eigenvalue weighted by Gasteiger charge is 2.34. The van der Waals surface area contributed by atoms with E-state index >= 15 is 0 Å². The van der Waals surface area contributed by atoms with Gasteiger partial charge in [0.1, 0.15) is 0 Å². The summed E-state index contributed by atoms with van der Waals surface area (Å²) in [5.74, 6) is 2.32. The summed E-state index contributed by atoms with van der Waals surface area (Å²) >= 11 is 0. The van der Waals surface area contributed by atoms with E-state index in [4.69, 9.17) is 0 Å². The summed E-state index contributed by atoms with van der Waals surface area (Å²) in [5, 5.41) is 10.2. The number of rotatable bonds is 6. The van der Waals surface area contributed by atoms with Crippen molar-refractivity contribution in [3.63, 3.8) is 0 Å². The topological polar surface area (TPSA) is 23.5 Å². The van der Waals surface area contributed by atoms with Crippen molar-refractivity contribution in [2.24, 2.45) is 17.8 Å². The fourth-order valence-corrected chi connectivity index (χ4v) is 3.69. The minimum atomic E-state index is -0.0491. The zero-order valence-electron chi connectivity index (χ0n) is 12.4. The molecule has 0 radical (unpaired) electrons. The van der Waals surface area contributed by atoms with Crippen LogP contribution in [0.5, 0.6) is 0 Å². The van der Waals surface area contributed by atoms with Crippen molar-refractivity contribution in [1.29, 1.82) is 0 Å². The van der Waals surface area contributed by atoms with Gasteiger partial charge in [-0.1, -0.05) is 19.8 Å². The van der Waals surface area contributed by atoms with Crippen LogP contribution in [-0.4, -0.2) is 35.7 Å². The predicted molar refractivity (Wildman–Crippen MR) is 76.6 cm³/mol. The van der Waals surface area contributed by atoms with Crippen LogP contribution in [0.4, 0.5) is 0 Å². The van der Waals surface area contributed by atoms with Gasteiger partial charge in [0, 0.05) is 12.6 Å². The van der Waals surface area contributed by atoms with E-state index in [-0.39, 0.29) is 6.10 Å². The van der Waals surface area contributed by atoms with Crippen LogP contribution in [0.1, 0.15) is 58.8 Å². The van der Waals surface area contributed by atoms with Crippen molar-refractivity contribution >= 4 is 0 Å². The molecule has 0 spiro atoms. The Balaban J connectivity index is 1.81. The molecular weight excluding hydrogens is 222 g/mol. The van der Waals surface area contributed by atoms with Crippen LogP contribution in [-0.2, 0) is 0 Å². The molecule has 4 unspecified atom stereocenters. The van der Waals surface area contributed by atoms with Crippen molar-refractivity contribution in [1.82, 2.24) is 4.90 Å². The van der Waals surface area contributed by atoms with E-state index in [1.165, 1.54) is 38.5 Å². The van der Waals surface area contributed by atoms with Crippen molar-refractivity contribution < 1.29 is 5.11 Å². The van der Waals surface area contributed by atoms with Gasteiger partial charge in [-0.05, 0) is 63.8 Å². The van der Waals surface area contributed by atoms with Crippen LogP contribution in [0.2, 0.25) is 0 Å². The molecule has 106 valence electrons. The first-order valence-electron chi connectivity index (χ1n) is 8.00. The number of hydrogen-bond donors (Lipinski definition) is 1. The maximum atomic E-state index is 10.2. The Morgan fingerprint density at radius 3 is 2.56 bits per heavy atom. The second kappa shape index (κ2) is 6.38. The average molecular weight is 253 g/mol. The fourth-order valence-electron chi connectivity index (χ4n) is 3.69. The molecule has 0 aromatic heterocycles. The van der Waals surface area contributed by atoms with E-state index in [0.29, 0.717) is 12.0 Å². The Morgan fingerprint density at radius 1 is 1.22 bits per heavy atom. The zero-order valence-corrected chi connectivity index (χ0v) is 12.4. The minimum absolute atomic E-state index is 0.0491. The number of aliphatic hydroxyl groups is 1. The summed E-state index contributed by atoms with van der Waals surface area (Å²) in [5.41, 5.74) is 0. The highest BCUT2D eigenvalue weighted by molar-refractivity contribution is 4.87. The molecule has 0 saturated heterocycles. The Kier molecular flexibility index (Phi) is 5.08. The lowest BCUT2D eigenvalue weighted by molar-refractivity contribution is 0.0227. The first kappa shape index (κ1) is 14.3. The first-order valence-corrected chi connectivity index (χ1v) is 8.00. The molecule has 2 aliphatic rings. The molecule has 2 fully saturated rings. The lowest BCUT2D eigenvalue weighted by Crippen LogP contribution is -2.41. The van der Waals surface area contributed by atoms with Crippen LogP contribution < -0.4 is 0 Å². The lowest BCUT2D eigenvalue weighted by atomic mass is 9.77. The molecule has 0 aromatic rings. The van der Waals surface area contributed by atoms with Crippen molar-refractivity contribution in [3.05, 3.63) is 0 Å². The van der Waals surface area contributed by atoms with Gasteiger partial charge in [-0.25, -0.2) is 0 Å². The SMILES string of the molecule is CCCC1CCC(O)C(CN(C)C(C)C2CC2)C1. The van der Waals surface area contributed by atoms with E-state index in [1.54, 1.807) is 0 Å². The summed E-state index contributed by atoms with van der Waals surface area (Å²) < 4.78 is 0. The molecular formula is C16H31NO. The third kappa shape index (κ3) is 3.71. The summed E-state index contributed by atoms with van der Waals surface area (Å²) in [7, 11) is 2.25. The summed E-state index contributed by atoms with van der Waals surface area (Å²) in [6, 6.07) is 0.712. The van der Waals surface area contributed by atoms with Gasteiger partial charge < -0.3 is 10.0 Å². The van der Waals surface area contributed by atoms with E-state index in [2.05, 4.69) is 25.8 Å². The highest BCUT2D eigenvalue weighted by Crippen LogP contribution is 2.37. The summed E-state index contributed by atoms with van der Waals surface area (Å²) in [4.78, 5) is 2.50. The van der Waals surface area contributed by atoms with Gasteiger partial charge in [-0.15, -0.1) is 0 Å². The Labute approximate surface area is 113 Å². The minimum Gasteiger partial charge on any atom is -0.393 e. The van der Waals surface area contributed by atoms with Crippen LogP contribution in [0.25, 0.3) is 0 Å². The van der Waals surface area contributed by atoms with Crippen molar-refractivity contribution in [2.45, 2.75) is 70.9 Å². The average Bonchev–Trinajstić information content (AvgIpc) is 3.17. The molecule has 1 N–H and O–H groups in total. The highest BCUT2D eigenvalue weighted by atomic mass is 16.3. The summed E-state index contributed by atoms with van der Waals surface area (Å²) in [6.07, 6.45) is 8.94. The Morgan fingerprint density at radius 2 is 1.94 bits per heavy atom. The standard InChI is InChI=1S/C16H31NO/c1-4-5-13-6-9-16(18)15(10-13)11-17(3)12(2)14-7-8-14/h12-16,18H,4-11H2,1-3H3. The van der Waals surface area contributed by atoms with Crippen molar-refractivity contribution in [2.75, 3.05) is 13.6 Å². The predicted octanol–water partition coefficient (Wildman–Crippen LogP) is 3.29. The van der Waals surface area contributed by atoms with Crippen LogP contribution in [0.3, 0.4) is 0 Å². The van der Waals surface area contributed by atoms with E-state index in [1.807, 2.05) is 0 Å². The molecule has 2 heteroatoms. The van der Waals surface area contributed by atoms with Gasteiger partial charge in [0.25, 0.3) is 0 Å². The largest absolute Gasteiger partial charge is 0.393 e. The van der Waals surface area contributed by atoms with Crippen LogP contribution in [0, 0.1) is 17.8 Å². The molecule has 2 saturated carbocycles. The first-order chi connectivity index (χ1) is 8.61. The fraction of sp³-hybridized carbons (Fsp3) is 1.00. The normalized spacial score (nSPS) is 34.8. The third-order valence-corrected chi connectivity index (χ3v) is 5.27. The van der Waals surface area contributed by atoms with E-state index in [9.17, 15) is 5.11 Å². The molecule has 4 atom stereocenters. The van der Waals surface area contributed by atoms with E-state index in [0.717, 1.165) is 24.8 Å². The van der Waals surface area contributed by atoms with Gasteiger partial charge in [-0.2, -0.15) is 0 Å². The van der Waals surface area contributed by atoms with Gasteiger partial charge in [0.2, 0.25) is 0 Å². The Bertz CT molecular complexity index is 251. The molecule has 2 rings (SSSR count). The molecule has 18 heavy (non-hydrogen) atoms. The maximum absolute atomic E-state index is 10.2. The third-order valence-electron chi connectivity index (χ3n) is 5.27. The number of nitrogens with zero attached hydrogens (tertiary/aromatic N) is 1. The number of hydrogen-bond acceptors (Lipinski definition) is 2. The van der Waals surface area contributed by atoms with Gasteiger partial charge >= 0.3 is 0 Å². The van der Waals surface area contributed by atoms with Gasteiger partial charge in [-0.3, -0.25) is 0 Å². The van der Waals surface area contributed by atoms with Gasteiger partial charge in [0.05, 0.1) is 6.10 Å². The molecule has 0 aromatic carbocycles.